The number of benzene rings is 2. The lowest BCUT2D eigenvalue weighted by molar-refractivity contribution is -0.137. The zero-order chi connectivity index (χ0) is 19.8. The number of fused-ring (bicyclic) bond motifs is 1. The lowest BCUT2D eigenvalue weighted by Crippen LogP contribution is -2.12. The van der Waals surface area contributed by atoms with E-state index in [4.69, 9.17) is 16.8 Å². The van der Waals surface area contributed by atoms with Gasteiger partial charge in [-0.1, -0.05) is 28.1 Å². The standard InChI is InChI=1S/C16H9ClF3N3O3S/c17-9-3-7(6-21-26)13(24)10(5-9)14(25)23-15-22-11-2-1-8(16(18,19)20)4-12(11)27-15/h1-6,24,26H,(H,22,23,25)/b21-6+. The predicted octanol–water partition coefficient (Wildman–Crippen LogP) is 4.73. The Labute approximate surface area is 158 Å². The molecule has 0 aliphatic heterocycles. The summed E-state index contributed by atoms with van der Waals surface area (Å²) in [7, 11) is 0. The average molecular weight is 416 g/mol. The molecule has 0 saturated carbocycles. The number of hydrogen-bond acceptors (Lipinski definition) is 6. The minimum Gasteiger partial charge on any atom is -0.506 e. The molecule has 0 bridgehead atoms. The van der Waals surface area contributed by atoms with Crippen molar-refractivity contribution in [3.05, 3.63) is 52.0 Å². The van der Waals surface area contributed by atoms with E-state index < -0.39 is 23.4 Å². The van der Waals surface area contributed by atoms with Crippen molar-refractivity contribution in [1.29, 1.82) is 0 Å². The van der Waals surface area contributed by atoms with Crippen LogP contribution in [0.1, 0.15) is 21.5 Å². The summed E-state index contributed by atoms with van der Waals surface area (Å²) >= 11 is 6.73. The van der Waals surface area contributed by atoms with Gasteiger partial charge in [0.25, 0.3) is 5.91 Å². The molecule has 140 valence electrons. The van der Waals surface area contributed by atoms with Crippen LogP contribution in [0.25, 0.3) is 10.2 Å². The summed E-state index contributed by atoms with van der Waals surface area (Å²) in [5.41, 5.74) is -0.745. The Bertz CT molecular complexity index is 1070. The Morgan fingerprint density at radius 3 is 2.70 bits per heavy atom. The fraction of sp³-hybridized carbons (Fsp3) is 0.0625. The summed E-state index contributed by atoms with van der Waals surface area (Å²) in [5, 5.41) is 24.0. The molecule has 1 heterocycles. The highest BCUT2D eigenvalue weighted by molar-refractivity contribution is 7.22. The van der Waals surface area contributed by atoms with Gasteiger partial charge in [-0.25, -0.2) is 4.98 Å². The molecule has 3 N–H and O–H groups in total. The molecule has 1 amide bonds. The summed E-state index contributed by atoms with van der Waals surface area (Å²) < 4.78 is 38.6. The third kappa shape index (κ3) is 3.96. The van der Waals surface area contributed by atoms with Crippen LogP contribution in [0.2, 0.25) is 5.02 Å². The van der Waals surface area contributed by atoms with E-state index in [1.54, 1.807) is 0 Å². The third-order valence-electron chi connectivity index (χ3n) is 3.48. The van der Waals surface area contributed by atoms with Gasteiger partial charge in [0.15, 0.2) is 5.13 Å². The number of anilines is 1. The maximum Gasteiger partial charge on any atom is 0.416 e. The molecule has 0 aliphatic rings. The monoisotopic (exact) mass is 415 g/mol. The van der Waals surface area contributed by atoms with E-state index in [1.165, 1.54) is 18.2 Å². The second-order valence-electron chi connectivity index (χ2n) is 5.29. The van der Waals surface area contributed by atoms with Gasteiger partial charge >= 0.3 is 6.18 Å². The first-order valence-corrected chi connectivity index (χ1v) is 8.37. The maximum atomic E-state index is 12.8. The van der Waals surface area contributed by atoms with Crippen LogP contribution in [-0.4, -0.2) is 27.4 Å². The third-order valence-corrected chi connectivity index (χ3v) is 4.63. The van der Waals surface area contributed by atoms with E-state index in [0.29, 0.717) is 0 Å². The molecule has 0 aliphatic carbocycles. The van der Waals surface area contributed by atoms with Crippen LogP contribution in [-0.2, 0) is 6.18 Å². The number of aromatic nitrogens is 1. The molecule has 0 spiro atoms. The van der Waals surface area contributed by atoms with E-state index >= 15 is 0 Å². The molecule has 11 heteroatoms. The molecule has 0 unspecified atom stereocenters. The number of phenolic OH excluding ortho intramolecular Hbond substituents is 1. The number of carbonyl (C=O) groups excluding carboxylic acids is 1. The van der Waals surface area contributed by atoms with Crippen molar-refractivity contribution < 1.29 is 28.3 Å². The normalized spacial score (nSPS) is 12.0. The Morgan fingerprint density at radius 2 is 2.04 bits per heavy atom. The van der Waals surface area contributed by atoms with Crippen LogP contribution >= 0.6 is 22.9 Å². The Morgan fingerprint density at radius 1 is 1.30 bits per heavy atom. The highest BCUT2D eigenvalue weighted by Gasteiger charge is 2.30. The van der Waals surface area contributed by atoms with Crippen LogP contribution < -0.4 is 5.32 Å². The summed E-state index contributed by atoms with van der Waals surface area (Å²) in [6.07, 6.45) is -3.59. The SMILES string of the molecule is O=C(Nc1nc2ccc(C(F)(F)F)cc2s1)c1cc(Cl)cc(/C=N/O)c1O. The molecule has 0 fully saturated rings. The highest BCUT2D eigenvalue weighted by atomic mass is 35.5. The van der Waals surface area contributed by atoms with Crippen LogP contribution in [0.15, 0.2) is 35.5 Å². The van der Waals surface area contributed by atoms with Crippen molar-refractivity contribution in [3.63, 3.8) is 0 Å². The quantitative estimate of drug-likeness (QED) is 0.327. The number of alkyl halides is 3. The number of nitrogens with zero attached hydrogens (tertiary/aromatic N) is 2. The molecule has 1 aromatic heterocycles. The first-order chi connectivity index (χ1) is 12.7. The number of nitrogens with one attached hydrogen (secondary N) is 1. The molecular formula is C16H9ClF3N3O3S. The lowest BCUT2D eigenvalue weighted by atomic mass is 10.1. The minimum absolute atomic E-state index is 0.00858. The molecule has 0 radical (unpaired) electrons. The fourth-order valence-corrected chi connectivity index (χ4v) is 3.40. The summed E-state index contributed by atoms with van der Waals surface area (Å²) in [6.45, 7) is 0. The molecule has 27 heavy (non-hydrogen) atoms. The number of phenols is 1. The van der Waals surface area contributed by atoms with Gasteiger partial charge in [-0.15, -0.1) is 0 Å². The van der Waals surface area contributed by atoms with Gasteiger partial charge in [-0.2, -0.15) is 13.2 Å². The number of hydrogen-bond donors (Lipinski definition) is 3. The molecule has 0 atom stereocenters. The number of aromatic hydroxyl groups is 1. The Hall–Kier alpha value is -2.85. The summed E-state index contributed by atoms with van der Waals surface area (Å²) in [4.78, 5) is 16.4. The van der Waals surface area contributed by atoms with Crippen molar-refractivity contribution in [3.8, 4) is 5.75 Å². The predicted molar refractivity (Wildman–Crippen MR) is 95.1 cm³/mol. The smallest absolute Gasteiger partial charge is 0.416 e. The van der Waals surface area contributed by atoms with Crippen molar-refractivity contribution in [1.82, 2.24) is 4.98 Å². The lowest BCUT2D eigenvalue weighted by Gasteiger charge is -2.07. The van der Waals surface area contributed by atoms with E-state index in [9.17, 15) is 23.1 Å². The number of oxime groups is 1. The number of thiazole rings is 1. The molecule has 3 aromatic rings. The molecule has 2 aromatic carbocycles. The molecule has 0 saturated heterocycles. The van der Waals surface area contributed by atoms with E-state index in [1.807, 2.05) is 0 Å². The Balaban J connectivity index is 1.92. The van der Waals surface area contributed by atoms with Crippen molar-refractivity contribution in [2.24, 2.45) is 5.16 Å². The fourth-order valence-electron chi connectivity index (χ4n) is 2.27. The van der Waals surface area contributed by atoms with E-state index in [-0.39, 0.29) is 31.5 Å². The zero-order valence-electron chi connectivity index (χ0n) is 13.1. The van der Waals surface area contributed by atoms with Crippen LogP contribution in [0.5, 0.6) is 5.75 Å². The first-order valence-electron chi connectivity index (χ1n) is 7.18. The largest absolute Gasteiger partial charge is 0.506 e. The second-order valence-corrected chi connectivity index (χ2v) is 6.76. The topological polar surface area (TPSA) is 94.8 Å². The molecule has 3 rings (SSSR count). The minimum atomic E-state index is -4.49. The van der Waals surface area contributed by atoms with Gasteiger partial charge in [0, 0.05) is 10.6 Å². The van der Waals surface area contributed by atoms with E-state index in [0.717, 1.165) is 29.7 Å². The van der Waals surface area contributed by atoms with E-state index in [2.05, 4.69) is 15.5 Å². The number of carbonyl (C=O) groups is 1. The van der Waals surface area contributed by atoms with Crippen LogP contribution in [0.4, 0.5) is 18.3 Å². The van der Waals surface area contributed by atoms with Gasteiger partial charge in [0.1, 0.15) is 5.75 Å². The summed E-state index contributed by atoms with van der Waals surface area (Å²) in [5.74, 6) is -1.26. The molecule has 6 nitrogen and oxygen atoms in total. The number of halogens is 4. The summed E-state index contributed by atoms with van der Waals surface area (Å²) in [6, 6.07) is 5.52. The molecular weight excluding hydrogens is 407 g/mol. The highest BCUT2D eigenvalue weighted by Crippen LogP contribution is 2.35. The van der Waals surface area contributed by atoms with Crippen molar-refractivity contribution in [2.45, 2.75) is 6.18 Å². The second kappa shape index (κ2) is 7.05. The maximum absolute atomic E-state index is 12.8. The number of rotatable bonds is 3. The van der Waals surface area contributed by atoms with Crippen molar-refractivity contribution in [2.75, 3.05) is 5.32 Å². The van der Waals surface area contributed by atoms with Gasteiger partial charge < -0.3 is 10.3 Å². The average Bonchev–Trinajstić information content (AvgIpc) is 2.98. The van der Waals surface area contributed by atoms with Gasteiger partial charge in [0.2, 0.25) is 0 Å². The Kier molecular flexibility index (Phi) is 4.94. The first kappa shape index (κ1) is 18.9. The van der Waals surface area contributed by atoms with Crippen LogP contribution in [0.3, 0.4) is 0 Å². The number of amides is 1. The van der Waals surface area contributed by atoms with Gasteiger partial charge in [0.05, 0.1) is 27.6 Å². The van der Waals surface area contributed by atoms with Crippen LogP contribution in [0, 0.1) is 0 Å². The van der Waals surface area contributed by atoms with Crippen molar-refractivity contribution >= 4 is 50.4 Å². The zero-order valence-corrected chi connectivity index (χ0v) is 14.7. The van der Waals surface area contributed by atoms with Gasteiger partial charge in [-0.3, -0.25) is 10.1 Å². The van der Waals surface area contributed by atoms with Gasteiger partial charge in [-0.05, 0) is 30.3 Å².